The van der Waals surface area contributed by atoms with Gasteiger partial charge in [0.05, 0.1) is 23.9 Å². The summed E-state index contributed by atoms with van der Waals surface area (Å²) in [4.78, 5) is 13.1. The van der Waals surface area contributed by atoms with E-state index in [0.717, 1.165) is 31.9 Å². The molecular formula is C15H18ClN5O2. The molecule has 0 radical (unpaired) electrons. The van der Waals surface area contributed by atoms with Crippen molar-refractivity contribution in [2.45, 2.75) is 19.0 Å². The Morgan fingerprint density at radius 3 is 2.96 bits per heavy atom. The lowest BCUT2D eigenvalue weighted by atomic mass is 10.0. The highest BCUT2D eigenvalue weighted by Gasteiger charge is 2.40. The van der Waals surface area contributed by atoms with Crippen molar-refractivity contribution in [3.8, 4) is 0 Å². The molecule has 2 fully saturated rings. The van der Waals surface area contributed by atoms with Crippen LogP contribution in [0.3, 0.4) is 0 Å². The maximum Gasteiger partial charge on any atom is 0.246 e. The Balaban J connectivity index is 1.46. The number of ether oxygens (including phenoxy) is 1. The van der Waals surface area contributed by atoms with Crippen LogP contribution in [-0.4, -0.2) is 58.9 Å². The highest BCUT2D eigenvalue weighted by Crippen LogP contribution is 2.33. The molecule has 2 saturated heterocycles. The smallest absolute Gasteiger partial charge is 0.246 e. The second-order valence-electron chi connectivity index (χ2n) is 5.89. The van der Waals surface area contributed by atoms with E-state index in [9.17, 15) is 0 Å². The second kappa shape index (κ2) is 6.07. The van der Waals surface area contributed by atoms with Crippen molar-refractivity contribution in [2.75, 3.05) is 37.7 Å². The molecule has 0 bridgehead atoms. The van der Waals surface area contributed by atoms with Crippen LogP contribution in [0, 0.1) is 6.92 Å². The minimum Gasteiger partial charge on any atom is -0.378 e. The van der Waals surface area contributed by atoms with Gasteiger partial charge in [-0.05, 0) is 13.0 Å². The standard InChI is InChI=1S/C15H18ClN5O2/c1-10-18-15(23-19-10)14-9-22-5-4-21(14)11-7-20(8-11)13-2-3-17-6-12(13)16/h2-3,6,11,14H,4-5,7-9H2,1H3. The molecule has 4 heterocycles. The molecule has 7 nitrogen and oxygen atoms in total. The van der Waals surface area contributed by atoms with Crippen LogP contribution in [0.1, 0.15) is 17.8 Å². The van der Waals surface area contributed by atoms with Gasteiger partial charge in [0.1, 0.15) is 6.04 Å². The summed E-state index contributed by atoms with van der Waals surface area (Å²) in [5.41, 5.74) is 1.04. The van der Waals surface area contributed by atoms with Gasteiger partial charge in [-0.15, -0.1) is 0 Å². The van der Waals surface area contributed by atoms with Crippen LogP contribution in [0.2, 0.25) is 5.02 Å². The van der Waals surface area contributed by atoms with Crippen LogP contribution in [0.4, 0.5) is 5.69 Å². The van der Waals surface area contributed by atoms with Crippen molar-refractivity contribution in [3.05, 3.63) is 35.2 Å². The molecule has 0 spiro atoms. The van der Waals surface area contributed by atoms with Crippen molar-refractivity contribution in [2.24, 2.45) is 0 Å². The Hall–Kier alpha value is -1.70. The van der Waals surface area contributed by atoms with E-state index in [1.807, 2.05) is 13.0 Å². The average Bonchev–Trinajstić information content (AvgIpc) is 2.95. The van der Waals surface area contributed by atoms with Crippen LogP contribution >= 0.6 is 11.6 Å². The topological polar surface area (TPSA) is 67.5 Å². The molecule has 2 aliphatic rings. The number of hydrogen-bond acceptors (Lipinski definition) is 7. The van der Waals surface area contributed by atoms with Gasteiger partial charge in [-0.1, -0.05) is 16.8 Å². The summed E-state index contributed by atoms with van der Waals surface area (Å²) in [7, 11) is 0. The van der Waals surface area contributed by atoms with E-state index in [0.29, 0.717) is 29.4 Å². The van der Waals surface area contributed by atoms with Crippen LogP contribution < -0.4 is 4.90 Å². The van der Waals surface area contributed by atoms with Crippen molar-refractivity contribution in [3.63, 3.8) is 0 Å². The van der Waals surface area contributed by atoms with Gasteiger partial charge in [0.25, 0.3) is 0 Å². The molecule has 0 aliphatic carbocycles. The summed E-state index contributed by atoms with van der Waals surface area (Å²) in [6.07, 6.45) is 3.45. The van der Waals surface area contributed by atoms with Crippen molar-refractivity contribution in [1.82, 2.24) is 20.0 Å². The lowest BCUT2D eigenvalue weighted by Crippen LogP contribution is -2.62. The number of halogens is 1. The molecule has 23 heavy (non-hydrogen) atoms. The minimum absolute atomic E-state index is 0.0324. The monoisotopic (exact) mass is 335 g/mol. The Bertz CT molecular complexity index is 688. The molecule has 8 heteroatoms. The van der Waals surface area contributed by atoms with Gasteiger partial charge in [0.2, 0.25) is 5.89 Å². The van der Waals surface area contributed by atoms with E-state index in [1.165, 1.54) is 0 Å². The number of pyridine rings is 1. The quantitative estimate of drug-likeness (QED) is 0.845. The fourth-order valence-electron chi connectivity index (χ4n) is 3.20. The fraction of sp³-hybridized carbons (Fsp3) is 0.533. The van der Waals surface area contributed by atoms with Crippen LogP contribution in [0.5, 0.6) is 0 Å². The Morgan fingerprint density at radius 1 is 1.35 bits per heavy atom. The first-order valence-corrected chi connectivity index (χ1v) is 8.08. The van der Waals surface area contributed by atoms with E-state index in [1.54, 1.807) is 12.4 Å². The van der Waals surface area contributed by atoms with Crippen LogP contribution in [-0.2, 0) is 4.74 Å². The van der Waals surface area contributed by atoms with Gasteiger partial charge in [-0.3, -0.25) is 9.88 Å². The Labute approximate surface area is 139 Å². The third kappa shape index (κ3) is 2.80. The first-order valence-electron chi connectivity index (χ1n) is 7.70. The van der Waals surface area contributed by atoms with E-state index in [2.05, 4.69) is 24.9 Å². The zero-order valence-corrected chi connectivity index (χ0v) is 13.6. The van der Waals surface area contributed by atoms with E-state index in [4.69, 9.17) is 20.9 Å². The van der Waals surface area contributed by atoms with E-state index < -0.39 is 0 Å². The molecular weight excluding hydrogens is 318 g/mol. The third-order valence-corrected chi connectivity index (χ3v) is 4.71. The first kappa shape index (κ1) is 14.9. The number of aryl methyl sites for hydroxylation is 1. The molecule has 1 unspecified atom stereocenters. The zero-order valence-electron chi connectivity index (χ0n) is 12.9. The molecule has 2 aromatic rings. The second-order valence-corrected chi connectivity index (χ2v) is 6.30. The van der Waals surface area contributed by atoms with E-state index >= 15 is 0 Å². The van der Waals surface area contributed by atoms with Crippen LogP contribution in [0.15, 0.2) is 23.0 Å². The highest BCUT2D eigenvalue weighted by molar-refractivity contribution is 6.33. The summed E-state index contributed by atoms with van der Waals surface area (Å²) < 4.78 is 11.0. The van der Waals surface area contributed by atoms with Crippen molar-refractivity contribution >= 4 is 17.3 Å². The summed E-state index contributed by atoms with van der Waals surface area (Å²) in [6.45, 7) is 5.87. The van der Waals surface area contributed by atoms with Crippen LogP contribution in [0.25, 0.3) is 0 Å². The lowest BCUT2D eigenvalue weighted by molar-refractivity contribution is -0.0461. The molecule has 0 aromatic carbocycles. The van der Waals surface area contributed by atoms with Gasteiger partial charge < -0.3 is 14.2 Å². The molecule has 2 aromatic heterocycles. The lowest BCUT2D eigenvalue weighted by Gasteiger charge is -2.49. The molecule has 2 aliphatic heterocycles. The van der Waals surface area contributed by atoms with Crippen molar-refractivity contribution < 1.29 is 9.26 Å². The normalized spacial score (nSPS) is 23.0. The van der Waals surface area contributed by atoms with Gasteiger partial charge >= 0.3 is 0 Å². The molecule has 0 amide bonds. The molecule has 4 rings (SSSR count). The Morgan fingerprint density at radius 2 is 2.22 bits per heavy atom. The Kier molecular flexibility index (Phi) is 3.92. The van der Waals surface area contributed by atoms with Gasteiger partial charge in [-0.2, -0.15) is 4.98 Å². The predicted octanol–water partition coefficient (Wildman–Crippen LogP) is 1.69. The zero-order chi connectivity index (χ0) is 15.8. The number of anilines is 1. The predicted molar refractivity (Wildman–Crippen MR) is 84.5 cm³/mol. The molecule has 0 saturated carbocycles. The highest BCUT2D eigenvalue weighted by atomic mass is 35.5. The largest absolute Gasteiger partial charge is 0.378 e. The van der Waals surface area contributed by atoms with Gasteiger partial charge in [0, 0.05) is 38.1 Å². The molecule has 1 atom stereocenters. The number of morpholine rings is 1. The number of hydrogen-bond donors (Lipinski definition) is 0. The van der Waals surface area contributed by atoms with Gasteiger partial charge in [0.15, 0.2) is 5.82 Å². The average molecular weight is 336 g/mol. The maximum atomic E-state index is 6.22. The summed E-state index contributed by atoms with van der Waals surface area (Å²) in [5.74, 6) is 1.30. The third-order valence-electron chi connectivity index (χ3n) is 4.42. The fourth-order valence-corrected chi connectivity index (χ4v) is 3.44. The maximum absolute atomic E-state index is 6.22. The van der Waals surface area contributed by atoms with Gasteiger partial charge in [-0.25, -0.2) is 0 Å². The molecule has 122 valence electrons. The summed E-state index contributed by atoms with van der Waals surface area (Å²) >= 11 is 6.22. The summed E-state index contributed by atoms with van der Waals surface area (Å²) in [5, 5.41) is 4.59. The number of aromatic nitrogens is 3. The number of rotatable bonds is 3. The number of nitrogens with zero attached hydrogens (tertiary/aromatic N) is 5. The van der Waals surface area contributed by atoms with E-state index in [-0.39, 0.29) is 6.04 Å². The minimum atomic E-state index is 0.0324. The van der Waals surface area contributed by atoms with Crippen molar-refractivity contribution in [1.29, 1.82) is 0 Å². The molecule has 0 N–H and O–H groups in total. The first-order chi connectivity index (χ1) is 11.2. The summed E-state index contributed by atoms with van der Waals surface area (Å²) in [6, 6.07) is 2.42. The SMILES string of the molecule is Cc1noc(C2COCCN2C2CN(c3ccncc3Cl)C2)n1.